The third-order valence-electron chi connectivity index (χ3n) is 3.35. The Morgan fingerprint density at radius 3 is 3.05 bits per heavy atom. The first kappa shape index (κ1) is 12.3. The minimum absolute atomic E-state index is 0.227. The van der Waals surface area contributed by atoms with Crippen molar-refractivity contribution in [3.63, 3.8) is 0 Å². The van der Waals surface area contributed by atoms with Crippen molar-refractivity contribution in [2.24, 2.45) is 0 Å². The van der Waals surface area contributed by atoms with Gasteiger partial charge in [-0.2, -0.15) is 0 Å². The summed E-state index contributed by atoms with van der Waals surface area (Å²) in [5, 5.41) is 20.9. The van der Waals surface area contributed by atoms with Gasteiger partial charge in [-0.15, -0.1) is 11.3 Å². The Kier molecular flexibility index (Phi) is 2.87. The lowest BCUT2D eigenvalue weighted by Gasteiger charge is -2.22. The number of aromatic nitrogens is 2. The fourth-order valence-electron chi connectivity index (χ4n) is 2.44. The normalized spacial score (nSPS) is 23.2. The number of aliphatic carboxylic acids is 1. The molecule has 0 saturated carbocycles. The van der Waals surface area contributed by atoms with Gasteiger partial charge in [0.1, 0.15) is 12.4 Å². The van der Waals surface area contributed by atoms with E-state index < -0.39 is 18.1 Å². The molecule has 100 valence electrons. The molecule has 0 amide bonds. The van der Waals surface area contributed by atoms with Gasteiger partial charge in [0.05, 0.1) is 16.3 Å². The monoisotopic (exact) mass is 279 g/mol. The third-order valence-corrected chi connectivity index (χ3v) is 4.43. The van der Waals surface area contributed by atoms with Crippen molar-refractivity contribution >= 4 is 33.3 Å². The zero-order valence-electron chi connectivity index (χ0n) is 10.3. The zero-order chi connectivity index (χ0) is 13.6. The zero-order valence-corrected chi connectivity index (χ0v) is 11.1. The number of aliphatic hydroxyl groups excluding tert-OH is 1. The Morgan fingerprint density at radius 2 is 2.32 bits per heavy atom. The molecule has 2 atom stereocenters. The topological polar surface area (TPSA) is 86.5 Å². The first-order chi connectivity index (χ1) is 9.08. The standard InChI is InChI=1S/C12H13N3O3S/c1-6-4-19-10-9(6)13-5-14-11(10)15-3-7(16)2-8(15)12(17)18/h4-5,7-8,16H,2-3H2,1H3,(H,17,18). The molecule has 1 fully saturated rings. The van der Waals surface area contributed by atoms with E-state index in [9.17, 15) is 15.0 Å². The second kappa shape index (κ2) is 4.43. The highest BCUT2D eigenvalue weighted by atomic mass is 32.1. The van der Waals surface area contributed by atoms with E-state index in [1.54, 1.807) is 4.90 Å². The largest absolute Gasteiger partial charge is 0.480 e. The van der Waals surface area contributed by atoms with Crippen molar-refractivity contribution in [2.75, 3.05) is 11.4 Å². The molecule has 0 aliphatic carbocycles. The van der Waals surface area contributed by atoms with Crippen LogP contribution in [0.25, 0.3) is 10.2 Å². The minimum atomic E-state index is -0.934. The average Bonchev–Trinajstić information content (AvgIpc) is 2.93. The van der Waals surface area contributed by atoms with E-state index in [1.807, 2.05) is 12.3 Å². The van der Waals surface area contributed by atoms with Gasteiger partial charge in [-0.3, -0.25) is 0 Å². The second-order valence-electron chi connectivity index (χ2n) is 4.69. The number of carboxylic acids is 1. The maximum Gasteiger partial charge on any atom is 0.326 e. The fourth-order valence-corrected chi connectivity index (χ4v) is 3.45. The van der Waals surface area contributed by atoms with Gasteiger partial charge in [0.15, 0.2) is 5.82 Å². The number of fused-ring (bicyclic) bond motifs is 1. The molecule has 3 heterocycles. The lowest BCUT2D eigenvalue weighted by atomic mass is 10.2. The van der Waals surface area contributed by atoms with Gasteiger partial charge in [-0.05, 0) is 17.9 Å². The summed E-state index contributed by atoms with van der Waals surface area (Å²) in [5.74, 6) is -0.330. The molecule has 3 rings (SSSR count). The van der Waals surface area contributed by atoms with Gasteiger partial charge in [-0.25, -0.2) is 14.8 Å². The molecular formula is C12H13N3O3S. The van der Waals surface area contributed by atoms with E-state index in [-0.39, 0.29) is 6.42 Å². The van der Waals surface area contributed by atoms with Gasteiger partial charge < -0.3 is 15.1 Å². The van der Waals surface area contributed by atoms with Crippen molar-refractivity contribution in [1.82, 2.24) is 9.97 Å². The number of carboxylic acid groups (broad SMARTS) is 1. The molecule has 2 N–H and O–H groups in total. The van der Waals surface area contributed by atoms with Crippen LogP contribution in [0.3, 0.4) is 0 Å². The maximum atomic E-state index is 11.3. The summed E-state index contributed by atoms with van der Waals surface area (Å²) in [5.41, 5.74) is 1.90. The van der Waals surface area contributed by atoms with Crippen LogP contribution in [-0.4, -0.2) is 44.8 Å². The smallest absolute Gasteiger partial charge is 0.326 e. The van der Waals surface area contributed by atoms with E-state index in [0.29, 0.717) is 12.4 Å². The summed E-state index contributed by atoms with van der Waals surface area (Å²) in [6.45, 7) is 2.25. The van der Waals surface area contributed by atoms with E-state index in [1.165, 1.54) is 17.7 Å². The molecule has 0 bridgehead atoms. The molecule has 2 aromatic rings. The number of rotatable bonds is 2. The lowest BCUT2D eigenvalue weighted by molar-refractivity contribution is -0.138. The Hall–Kier alpha value is -1.73. The predicted molar refractivity (Wildman–Crippen MR) is 71.5 cm³/mol. The minimum Gasteiger partial charge on any atom is -0.480 e. The highest BCUT2D eigenvalue weighted by Crippen LogP contribution is 2.34. The molecule has 0 spiro atoms. The molecule has 1 saturated heterocycles. The highest BCUT2D eigenvalue weighted by molar-refractivity contribution is 7.18. The van der Waals surface area contributed by atoms with Crippen molar-refractivity contribution in [3.05, 3.63) is 17.3 Å². The van der Waals surface area contributed by atoms with Crippen LogP contribution >= 0.6 is 11.3 Å². The quantitative estimate of drug-likeness (QED) is 0.853. The van der Waals surface area contributed by atoms with Crippen molar-refractivity contribution in [2.45, 2.75) is 25.5 Å². The molecule has 2 aromatic heterocycles. The van der Waals surface area contributed by atoms with Gasteiger partial charge in [0, 0.05) is 13.0 Å². The fraction of sp³-hybridized carbons (Fsp3) is 0.417. The summed E-state index contributed by atoms with van der Waals surface area (Å²) < 4.78 is 0.875. The van der Waals surface area contributed by atoms with Crippen LogP contribution in [0.15, 0.2) is 11.7 Å². The van der Waals surface area contributed by atoms with Crippen LogP contribution < -0.4 is 4.90 Å². The number of thiophene rings is 1. The van der Waals surface area contributed by atoms with Crippen LogP contribution in [0.4, 0.5) is 5.82 Å². The lowest BCUT2D eigenvalue weighted by Crippen LogP contribution is -2.36. The van der Waals surface area contributed by atoms with Crippen LogP contribution in [0.2, 0.25) is 0 Å². The molecule has 6 nitrogen and oxygen atoms in total. The van der Waals surface area contributed by atoms with Crippen molar-refractivity contribution in [3.8, 4) is 0 Å². The molecule has 0 radical (unpaired) electrons. The maximum absolute atomic E-state index is 11.3. The van der Waals surface area contributed by atoms with E-state index in [2.05, 4.69) is 9.97 Å². The van der Waals surface area contributed by atoms with E-state index in [0.717, 1.165) is 15.8 Å². The molecular weight excluding hydrogens is 266 g/mol. The average molecular weight is 279 g/mol. The molecule has 1 aliphatic rings. The second-order valence-corrected chi connectivity index (χ2v) is 5.57. The van der Waals surface area contributed by atoms with Gasteiger partial charge in [0.2, 0.25) is 0 Å². The Labute approximate surface area is 113 Å². The van der Waals surface area contributed by atoms with Crippen LogP contribution in [0.5, 0.6) is 0 Å². The summed E-state index contributed by atoms with van der Waals surface area (Å²) in [6.07, 6.45) is 1.04. The molecule has 19 heavy (non-hydrogen) atoms. The Morgan fingerprint density at radius 1 is 1.53 bits per heavy atom. The van der Waals surface area contributed by atoms with Gasteiger partial charge >= 0.3 is 5.97 Å². The number of β-amino-alcohol motifs (C(OH)–C–C–N with tert-alkyl or cyclic N) is 1. The van der Waals surface area contributed by atoms with Crippen LogP contribution in [0, 0.1) is 6.92 Å². The third kappa shape index (κ3) is 1.95. The Balaban J connectivity index is 2.11. The summed E-state index contributed by atoms with van der Waals surface area (Å²) in [6, 6.07) is -0.726. The molecule has 0 aromatic carbocycles. The van der Waals surface area contributed by atoms with Crippen molar-refractivity contribution < 1.29 is 15.0 Å². The van der Waals surface area contributed by atoms with Crippen LogP contribution in [-0.2, 0) is 4.79 Å². The first-order valence-electron chi connectivity index (χ1n) is 5.94. The number of hydrogen-bond acceptors (Lipinski definition) is 6. The van der Waals surface area contributed by atoms with Gasteiger partial charge in [-0.1, -0.05) is 0 Å². The highest BCUT2D eigenvalue weighted by Gasteiger charge is 2.37. The summed E-state index contributed by atoms with van der Waals surface area (Å²) in [7, 11) is 0. The van der Waals surface area contributed by atoms with Gasteiger partial charge in [0.25, 0.3) is 0 Å². The molecule has 1 aliphatic heterocycles. The summed E-state index contributed by atoms with van der Waals surface area (Å²) >= 11 is 1.50. The first-order valence-corrected chi connectivity index (χ1v) is 6.82. The number of nitrogens with zero attached hydrogens (tertiary/aromatic N) is 3. The molecule has 2 unspecified atom stereocenters. The van der Waals surface area contributed by atoms with Crippen LogP contribution in [0.1, 0.15) is 12.0 Å². The number of aliphatic hydroxyl groups is 1. The van der Waals surface area contributed by atoms with E-state index >= 15 is 0 Å². The number of carbonyl (C=O) groups is 1. The summed E-state index contributed by atoms with van der Waals surface area (Å²) in [4.78, 5) is 21.4. The number of aryl methyl sites for hydroxylation is 1. The van der Waals surface area contributed by atoms with E-state index in [4.69, 9.17) is 0 Å². The Bertz CT molecular complexity index is 642. The SMILES string of the molecule is Cc1csc2c(N3CC(O)CC3C(=O)O)ncnc12. The number of anilines is 1. The molecule has 7 heteroatoms. The predicted octanol–water partition coefficient (Wildman–Crippen LogP) is 1.02. The van der Waals surface area contributed by atoms with Crippen molar-refractivity contribution in [1.29, 1.82) is 0 Å². The number of hydrogen-bond donors (Lipinski definition) is 2.